The zero-order valence-corrected chi connectivity index (χ0v) is 10.3. The van der Waals surface area contributed by atoms with Crippen molar-refractivity contribution in [3.05, 3.63) is 53.2 Å². The van der Waals surface area contributed by atoms with Gasteiger partial charge in [0.2, 0.25) is 5.88 Å². The van der Waals surface area contributed by atoms with Gasteiger partial charge in [-0.05, 0) is 31.0 Å². The first-order valence-corrected chi connectivity index (χ1v) is 5.61. The van der Waals surface area contributed by atoms with Crippen molar-refractivity contribution < 1.29 is 9.90 Å². The molecule has 1 heterocycles. The summed E-state index contributed by atoms with van der Waals surface area (Å²) >= 11 is 0. The SMILES string of the molecule is Cc1cccc(C)c1NC(=O)c1cccc(O)n1. The minimum Gasteiger partial charge on any atom is -0.493 e. The van der Waals surface area contributed by atoms with E-state index < -0.39 is 0 Å². The van der Waals surface area contributed by atoms with Gasteiger partial charge in [-0.15, -0.1) is 0 Å². The average Bonchev–Trinajstić information content (AvgIpc) is 2.34. The van der Waals surface area contributed by atoms with E-state index in [0.29, 0.717) is 0 Å². The third-order valence-corrected chi connectivity index (χ3v) is 2.69. The van der Waals surface area contributed by atoms with Gasteiger partial charge in [0.15, 0.2) is 0 Å². The molecule has 0 aliphatic rings. The standard InChI is InChI=1S/C14H14N2O2/c1-9-5-3-6-10(2)13(9)16-14(18)11-7-4-8-12(17)15-11/h3-8H,1-2H3,(H,15,17)(H,16,18). The van der Waals surface area contributed by atoms with E-state index in [2.05, 4.69) is 10.3 Å². The fraction of sp³-hybridized carbons (Fsp3) is 0.143. The quantitative estimate of drug-likeness (QED) is 0.851. The lowest BCUT2D eigenvalue weighted by Gasteiger charge is -2.10. The molecule has 4 heteroatoms. The van der Waals surface area contributed by atoms with Gasteiger partial charge in [0.25, 0.3) is 5.91 Å². The second-order valence-electron chi connectivity index (χ2n) is 4.10. The van der Waals surface area contributed by atoms with Crippen LogP contribution in [-0.2, 0) is 0 Å². The molecule has 0 radical (unpaired) electrons. The second kappa shape index (κ2) is 4.87. The molecule has 0 spiro atoms. The van der Waals surface area contributed by atoms with Crippen LogP contribution in [0, 0.1) is 13.8 Å². The fourth-order valence-electron chi connectivity index (χ4n) is 1.74. The highest BCUT2D eigenvalue weighted by Gasteiger charge is 2.11. The highest BCUT2D eigenvalue weighted by atomic mass is 16.3. The zero-order valence-electron chi connectivity index (χ0n) is 10.3. The number of hydrogen-bond donors (Lipinski definition) is 2. The number of benzene rings is 1. The Bertz CT molecular complexity index is 574. The predicted molar refractivity (Wildman–Crippen MR) is 69.8 cm³/mol. The van der Waals surface area contributed by atoms with E-state index in [1.54, 1.807) is 12.1 Å². The summed E-state index contributed by atoms with van der Waals surface area (Å²) < 4.78 is 0. The number of para-hydroxylation sites is 1. The molecular formula is C14H14N2O2. The Hall–Kier alpha value is -2.36. The van der Waals surface area contributed by atoms with Crippen molar-refractivity contribution in [3.8, 4) is 5.88 Å². The van der Waals surface area contributed by atoms with Crippen molar-refractivity contribution in [2.45, 2.75) is 13.8 Å². The van der Waals surface area contributed by atoms with Crippen LogP contribution in [0.1, 0.15) is 21.6 Å². The van der Waals surface area contributed by atoms with E-state index in [9.17, 15) is 9.90 Å². The molecule has 0 atom stereocenters. The lowest BCUT2D eigenvalue weighted by molar-refractivity contribution is 0.102. The Morgan fingerprint density at radius 2 is 1.72 bits per heavy atom. The van der Waals surface area contributed by atoms with Gasteiger partial charge in [-0.2, -0.15) is 0 Å². The minimum atomic E-state index is -0.330. The van der Waals surface area contributed by atoms with Crippen molar-refractivity contribution in [3.63, 3.8) is 0 Å². The van der Waals surface area contributed by atoms with Crippen LogP contribution in [0.25, 0.3) is 0 Å². The normalized spacial score (nSPS) is 10.1. The molecule has 4 nitrogen and oxygen atoms in total. The van der Waals surface area contributed by atoms with Crippen LogP contribution in [0.4, 0.5) is 5.69 Å². The monoisotopic (exact) mass is 242 g/mol. The number of aromatic hydroxyl groups is 1. The first-order valence-electron chi connectivity index (χ1n) is 5.61. The van der Waals surface area contributed by atoms with E-state index in [1.165, 1.54) is 6.07 Å². The van der Waals surface area contributed by atoms with Gasteiger partial charge in [0.1, 0.15) is 5.69 Å². The van der Waals surface area contributed by atoms with Crippen LogP contribution >= 0.6 is 0 Å². The highest BCUT2D eigenvalue weighted by molar-refractivity contribution is 6.03. The Kier molecular flexibility index (Phi) is 3.28. The van der Waals surface area contributed by atoms with Gasteiger partial charge in [0, 0.05) is 11.8 Å². The van der Waals surface area contributed by atoms with E-state index in [4.69, 9.17) is 0 Å². The second-order valence-corrected chi connectivity index (χ2v) is 4.10. The molecule has 1 amide bonds. The average molecular weight is 242 g/mol. The highest BCUT2D eigenvalue weighted by Crippen LogP contribution is 2.20. The summed E-state index contributed by atoms with van der Waals surface area (Å²) in [4.78, 5) is 15.8. The van der Waals surface area contributed by atoms with Gasteiger partial charge in [0.05, 0.1) is 0 Å². The first kappa shape index (κ1) is 12.1. The number of pyridine rings is 1. The minimum absolute atomic E-state index is 0.163. The molecule has 2 N–H and O–H groups in total. The Labute approximate surface area is 105 Å². The van der Waals surface area contributed by atoms with E-state index >= 15 is 0 Å². The maximum Gasteiger partial charge on any atom is 0.274 e. The molecule has 2 rings (SSSR count). The molecule has 0 aliphatic heterocycles. The number of amides is 1. The molecule has 0 saturated carbocycles. The number of carbonyl (C=O) groups is 1. The van der Waals surface area contributed by atoms with Crippen molar-refractivity contribution in [2.24, 2.45) is 0 Å². The topological polar surface area (TPSA) is 62.2 Å². The number of nitrogens with one attached hydrogen (secondary N) is 1. The number of anilines is 1. The molecular weight excluding hydrogens is 228 g/mol. The summed E-state index contributed by atoms with van der Waals surface area (Å²) in [5.41, 5.74) is 2.96. The van der Waals surface area contributed by atoms with E-state index in [0.717, 1.165) is 16.8 Å². The summed E-state index contributed by atoms with van der Waals surface area (Å²) in [6, 6.07) is 10.4. The number of hydrogen-bond acceptors (Lipinski definition) is 3. The predicted octanol–water partition coefficient (Wildman–Crippen LogP) is 2.66. The summed E-state index contributed by atoms with van der Waals surface area (Å²) in [5, 5.41) is 12.1. The summed E-state index contributed by atoms with van der Waals surface area (Å²) in [6.45, 7) is 3.86. The third-order valence-electron chi connectivity index (χ3n) is 2.69. The van der Waals surface area contributed by atoms with Crippen LogP contribution in [0.15, 0.2) is 36.4 Å². The largest absolute Gasteiger partial charge is 0.493 e. The maximum atomic E-state index is 12.0. The lowest BCUT2D eigenvalue weighted by Crippen LogP contribution is -2.15. The van der Waals surface area contributed by atoms with Crippen molar-refractivity contribution in [1.29, 1.82) is 0 Å². The summed E-state index contributed by atoms with van der Waals surface area (Å²) in [7, 11) is 0. The molecule has 0 saturated heterocycles. The first-order chi connectivity index (χ1) is 8.58. The van der Waals surface area contributed by atoms with Gasteiger partial charge in [-0.3, -0.25) is 4.79 Å². The number of nitrogens with zero attached hydrogens (tertiary/aromatic N) is 1. The lowest BCUT2D eigenvalue weighted by atomic mass is 10.1. The van der Waals surface area contributed by atoms with Crippen molar-refractivity contribution in [2.75, 3.05) is 5.32 Å². The Balaban J connectivity index is 2.27. The third kappa shape index (κ3) is 2.48. The number of rotatable bonds is 2. The molecule has 0 unspecified atom stereocenters. The van der Waals surface area contributed by atoms with Gasteiger partial charge in [-0.25, -0.2) is 4.98 Å². The molecule has 0 bridgehead atoms. The van der Waals surface area contributed by atoms with Crippen LogP contribution in [0.2, 0.25) is 0 Å². The van der Waals surface area contributed by atoms with Crippen molar-refractivity contribution >= 4 is 11.6 Å². The zero-order chi connectivity index (χ0) is 13.1. The molecule has 1 aromatic heterocycles. The van der Waals surface area contributed by atoms with Crippen LogP contribution in [0.3, 0.4) is 0 Å². The fourth-order valence-corrected chi connectivity index (χ4v) is 1.74. The van der Waals surface area contributed by atoms with Crippen molar-refractivity contribution in [1.82, 2.24) is 4.98 Å². The molecule has 0 aliphatic carbocycles. The maximum absolute atomic E-state index is 12.0. The summed E-state index contributed by atoms with van der Waals surface area (Å²) in [5.74, 6) is -0.493. The molecule has 2 aromatic rings. The molecule has 1 aromatic carbocycles. The Morgan fingerprint density at radius 1 is 1.11 bits per heavy atom. The van der Waals surface area contributed by atoms with Crippen LogP contribution in [0.5, 0.6) is 5.88 Å². The van der Waals surface area contributed by atoms with Crippen LogP contribution in [-0.4, -0.2) is 16.0 Å². The van der Waals surface area contributed by atoms with E-state index in [-0.39, 0.29) is 17.5 Å². The van der Waals surface area contributed by atoms with Gasteiger partial charge in [-0.1, -0.05) is 24.3 Å². The molecule has 18 heavy (non-hydrogen) atoms. The number of aryl methyl sites for hydroxylation is 2. The van der Waals surface area contributed by atoms with Crippen LogP contribution < -0.4 is 5.32 Å². The number of aromatic nitrogens is 1. The van der Waals surface area contributed by atoms with Gasteiger partial charge < -0.3 is 10.4 Å². The summed E-state index contributed by atoms with van der Waals surface area (Å²) in [6.07, 6.45) is 0. The molecule has 92 valence electrons. The smallest absolute Gasteiger partial charge is 0.274 e. The Morgan fingerprint density at radius 3 is 2.33 bits per heavy atom. The van der Waals surface area contributed by atoms with Gasteiger partial charge >= 0.3 is 0 Å². The number of carbonyl (C=O) groups excluding carboxylic acids is 1. The van der Waals surface area contributed by atoms with E-state index in [1.807, 2.05) is 32.0 Å². The molecule has 0 fully saturated rings.